The Morgan fingerprint density at radius 3 is 2.70 bits per heavy atom. The van der Waals surface area contributed by atoms with Gasteiger partial charge in [0.25, 0.3) is 5.91 Å². The smallest absolute Gasteiger partial charge is 0.274 e. The van der Waals surface area contributed by atoms with Gasteiger partial charge in [-0.3, -0.25) is 14.5 Å². The maximum Gasteiger partial charge on any atom is 0.274 e. The van der Waals surface area contributed by atoms with Crippen LogP contribution in [0.3, 0.4) is 0 Å². The van der Waals surface area contributed by atoms with Crippen molar-refractivity contribution in [1.82, 2.24) is 20.1 Å². The van der Waals surface area contributed by atoms with Crippen LogP contribution in [0.2, 0.25) is 0 Å². The van der Waals surface area contributed by atoms with Gasteiger partial charge in [0, 0.05) is 12.7 Å². The molecule has 2 N–H and O–H groups in total. The van der Waals surface area contributed by atoms with Gasteiger partial charge in [-0.05, 0) is 56.4 Å². The molecule has 1 aromatic carbocycles. The Bertz CT molecular complexity index is 1030. The monoisotopic (exact) mass is 364 g/mol. The fourth-order valence-corrected chi connectivity index (χ4v) is 3.26. The van der Waals surface area contributed by atoms with Crippen molar-refractivity contribution in [2.75, 3.05) is 6.54 Å². The summed E-state index contributed by atoms with van der Waals surface area (Å²) in [6.45, 7) is 6.96. The van der Waals surface area contributed by atoms with Crippen LogP contribution in [0.1, 0.15) is 45.6 Å². The number of fused-ring (bicyclic) bond motifs is 1. The topological polar surface area (TPSA) is 80.0 Å². The molecule has 1 aliphatic carbocycles. The third kappa shape index (κ3) is 3.57. The van der Waals surface area contributed by atoms with Gasteiger partial charge in [0.1, 0.15) is 5.52 Å². The summed E-state index contributed by atoms with van der Waals surface area (Å²) in [6, 6.07) is 8.34. The molecule has 0 atom stereocenters. The van der Waals surface area contributed by atoms with Crippen molar-refractivity contribution in [2.45, 2.75) is 45.8 Å². The zero-order valence-electron chi connectivity index (χ0n) is 15.9. The molecule has 140 valence electrons. The van der Waals surface area contributed by atoms with Crippen molar-refractivity contribution in [1.29, 1.82) is 0 Å². The fraction of sp³-hybridized carbons (Fsp3) is 0.381. The van der Waals surface area contributed by atoms with Gasteiger partial charge in [-0.15, -0.1) is 0 Å². The minimum atomic E-state index is -0.739. The number of rotatable bonds is 5. The summed E-state index contributed by atoms with van der Waals surface area (Å²) in [7, 11) is 0. The number of hydrogen-bond acceptors (Lipinski definition) is 4. The summed E-state index contributed by atoms with van der Waals surface area (Å²) in [5.74, 6) is -0.295. The first-order chi connectivity index (χ1) is 12.8. The Morgan fingerprint density at radius 2 is 2.00 bits per heavy atom. The predicted molar refractivity (Wildman–Crippen MR) is 104 cm³/mol. The summed E-state index contributed by atoms with van der Waals surface area (Å²) in [4.78, 5) is 17.1. The molecule has 0 saturated heterocycles. The number of nitrogens with zero attached hydrogens (tertiary/aromatic N) is 3. The van der Waals surface area contributed by atoms with Crippen LogP contribution >= 0.6 is 0 Å². The lowest BCUT2D eigenvalue weighted by Crippen LogP contribution is -2.33. The number of carbonyl (C=O) groups excluding carboxylic acids is 1. The first kappa shape index (κ1) is 17.7. The summed E-state index contributed by atoms with van der Waals surface area (Å²) in [5, 5.41) is 17.3. The Labute approximate surface area is 158 Å². The molecule has 6 nitrogen and oxygen atoms in total. The van der Waals surface area contributed by atoms with Gasteiger partial charge in [0.2, 0.25) is 0 Å². The number of nitrogens with one attached hydrogen (secondary N) is 1. The second kappa shape index (κ2) is 6.46. The fourth-order valence-electron chi connectivity index (χ4n) is 3.26. The van der Waals surface area contributed by atoms with Gasteiger partial charge in [0.05, 0.1) is 17.7 Å². The molecule has 0 unspecified atom stereocenters. The summed E-state index contributed by atoms with van der Waals surface area (Å²) in [6.07, 6.45) is 3.20. The Balaban J connectivity index is 1.69. The summed E-state index contributed by atoms with van der Waals surface area (Å²) in [5.41, 5.74) is 5.58. The van der Waals surface area contributed by atoms with Crippen molar-refractivity contribution >= 4 is 16.9 Å². The molecule has 1 aliphatic rings. The molecular weight excluding hydrogens is 340 g/mol. The molecule has 2 aromatic heterocycles. The molecule has 2 heterocycles. The molecule has 0 aliphatic heterocycles. The molecule has 6 heteroatoms. The van der Waals surface area contributed by atoms with E-state index < -0.39 is 5.60 Å². The Kier molecular flexibility index (Phi) is 4.23. The van der Waals surface area contributed by atoms with Gasteiger partial charge >= 0.3 is 0 Å². The molecule has 3 aromatic rings. The van der Waals surface area contributed by atoms with E-state index in [-0.39, 0.29) is 12.5 Å². The van der Waals surface area contributed by atoms with Gasteiger partial charge in [-0.2, -0.15) is 5.10 Å². The molecule has 1 saturated carbocycles. The summed E-state index contributed by atoms with van der Waals surface area (Å²) < 4.78 is 1.84. The van der Waals surface area contributed by atoms with Crippen molar-refractivity contribution in [3.05, 3.63) is 58.4 Å². The van der Waals surface area contributed by atoms with E-state index >= 15 is 0 Å². The average molecular weight is 364 g/mol. The van der Waals surface area contributed by atoms with E-state index in [0.29, 0.717) is 17.8 Å². The van der Waals surface area contributed by atoms with E-state index in [4.69, 9.17) is 0 Å². The van der Waals surface area contributed by atoms with Gasteiger partial charge in [-0.1, -0.05) is 23.8 Å². The number of aryl methyl sites for hydroxylation is 3. The lowest BCUT2D eigenvalue weighted by Gasteiger charge is -2.09. The molecule has 27 heavy (non-hydrogen) atoms. The Hall–Kier alpha value is -2.73. The van der Waals surface area contributed by atoms with Crippen LogP contribution in [-0.2, 0) is 6.54 Å². The van der Waals surface area contributed by atoms with Gasteiger partial charge < -0.3 is 10.4 Å². The maximum atomic E-state index is 12.7. The minimum absolute atomic E-state index is 0.253. The lowest BCUT2D eigenvalue weighted by molar-refractivity contribution is 0.0892. The zero-order valence-corrected chi connectivity index (χ0v) is 15.9. The number of aliphatic hydroxyl groups is 1. The van der Waals surface area contributed by atoms with Crippen LogP contribution in [0.15, 0.2) is 30.5 Å². The standard InChI is InChI=1S/C21H24N4O2/c1-13-4-5-16(15(3)8-13)11-25-17-9-14(2)10-22-18(17)19(24-25)20(26)23-12-21(27)6-7-21/h4-5,8-10,27H,6-7,11-12H2,1-3H3,(H,23,26). The largest absolute Gasteiger partial charge is 0.388 e. The maximum absolute atomic E-state index is 12.7. The lowest BCUT2D eigenvalue weighted by atomic mass is 10.1. The van der Waals surface area contributed by atoms with Gasteiger partial charge in [0.15, 0.2) is 5.69 Å². The van der Waals surface area contributed by atoms with Crippen LogP contribution in [0.4, 0.5) is 0 Å². The highest BCUT2D eigenvalue weighted by Crippen LogP contribution is 2.34. The Morgan fingerprint density at radius 1 is 1.22 bits per heavy atom. The molecule has 4 rings (SSSR count). The summed E-state index contributed by atoms with van der Waals surface area (Å²) >= 11 is 0. The van der Waals surface area contributed by atoms with Crippen LogP contribution in [0.25, 0.3) is 11.0 Å². The van der Waals surface area contributed by atoms with E-state index in [2.05, 4.69) is 47.4 Å². The van der Waals surface area contributed by atoms with Crippen molar-refractivity contribution in [3.8, 4) is 0 Å². The van der Waals surface area contributed by atoms with Crippen LogP contribution in [0.5, 0.6) is 0 Å². The first-order valence-corrected chi connectivity index (χ1v) is 9.24. The molecule has 1 amide bonds. The number of carbonyl (C=O) groups is 1. The number of pyridine rings is 1. The van der Waals surface area contributed by atoms with Gasteiger partial charge in [-0.25, -0.2) is 0 Å². The SMILES string of the molecule is Cc1ccc(Cn2nc(C(=O)NCC3(O)CC3)c3ncc(C)cc32)c(C)c1. The van der Waals surface area contributed by atoms with E-state index in [1.807, 2.05) is 17.7 Å². The van der Waals surface area contributed by atoms with E-state index in [0.717, 1.165) is 29.5 Å². The quantitative estimate of drug-likeness (QED) is 0.729. The zero-order chi connectivity index (χ0) is 19.2. The molecule has 0 radical (unpaired) electrons. The third-order valence-electron chi connectivity index (χ3n) is 5.17. The van der Waals surface area contributed by atoms with Crippen LogP contribution < -0.4 is 5.32 Å². The molecule has 1 fully saturated rings. The van der Waals surface area contributed by atoms with E-state index in [9.17, 15) is 9.90 Å². The number of benzene rings is 1. The first-order valence-electron chi connectivity index (χ1n) is 9.24. The van der Waals surface area contributed by atoms with E-state index in [1.54, 1.807) is 6.20 Å². The molecule has 0 bridgehead atoms. The van der Waals surface area contributed by atoms with Crippen molar-refractivity contribution in [3.63, 3.8) is 0 Å². The highest BCUT2D eigenvalue weighted by molar-refractivity contribution is 6.03. The predicted octanol–water partition coefficient (Wildman–Crippen LogP) is 2.66. The van der Waals surface area contributed by atoms with Crippen molar-refractivity contribution < 1.29 is 9.90 Å². The highest BCUT2D eigenvalue weighted by atomic mass is 16.3. The third-order valence-corrected chi connectivity index (χ3v) is 5.17. The second-order valence-electron chi connectivity index (χ2n) is 7.72. The van der Waals surface area contributed by atoms with E-state index in [1.165, 1.54) is 11.1 Å². The second-order valence-corrected chi connectivity index (χ2v) is 7.72. The molecule has 0 spiro atoms. The normalized spacial score (nSPS) is 15.1. The number of amides is 1. The number of hydrogen-bond donors (Lipinski definition) is 2. The van der Waals surface area contributed by atoms with Crippen molar-refractivity contribution in [2.24, 2.45) is 0 Å². The minimum Gasteiger partial charge on any atom is -0.388 e. The van der Waals surface area contributed by atoms with Crippen LogP contribution in [0, 0.1) is 20.8 Å². The molecular formula is C21H24N4O2. The highest BCUT2D eigenvalue weighted by Gasteiger charge is 2.40. The number of aromatic nitrogens is 3. The average Bonchev–Trinajstić information content (AvgIpc) is 3.26. The van der Waals surface area contributed by atoms with Crippen LogP contribution in [-0.4, -0.2) is 37.9 Å².